The molecular weight excluding hydrogens is 174 g/mol. The molecule has 0 aromatic rings. The van der Waals surface area contributed by atoms with Crippen LogP contribution in [-0.4, -0.2) is 33.7 Å². The van der Waals surface area contributed by atoms with E-state index in [0.717, 1.165) is 19.3 Å². The first-order valence-corrected chi connectivity index (χ1v) is 6.05. The van der Waals surface area contributed by atoms with Crippen molar-refractivity contribution in [3.63, 3.8) is 0 Å². The maximum atomic E-state index is 10.3. The molecular formula is C12H23NO. The summed E-state index contributed by atoms with van der Waals surface area (Å²) in [5.74, 6) is 0. The predicted molar refractivity (Wildman–Crippen MR) is 58.3 cm³/mol. The average Bonchev–Trinajstić information content (AvgIpc) is 2.40. The molecule has 2 nitrogen and oxygen atoms in total. The molecule has 2 bridgehead atoms. The molecule has 2 rings (SSSR count). The number of hydrogen-bond donors (Lipinski definition) is 1. The SMILES string of the molecule is CCC1(O)CC2CCC(C1)N2C(C)C. The van der Waals surface area contributed by atoms with Crippen molar-refractivity contribution in [2.75, 3.05) is 0 Å². The van der Waals surface area contributed by atoms with Gasteiger partial charge in [-0.15, -0.1) is 0 Å². The van der Waals surface area contributed by atoms with Gasteiger partial charge in [0.15, 0.2) is 0 Å². The molecule has 0 radical (unpaired) electrons. The quantitative estimate of drug-likeness (QED) is 0.733. The predicted octanol–water partition coefficient (Wildman–Crippen LogP) is 2.16. The first kappa shape index (κ1) is 10.4. The summed E-state index contributed by atoms with van der Waals surface area (Å²) < 4.78 is 0. The van der Waals surface area contributed by atoms with Gasteiger partial charge in [-0.3, -0.25) is 4.90 Å². The molecule has 2 fully saturated rings. The van der Waals surface area contributed by atoms with Crippen molar-refractivity contribution in [1.29, 1.82) is 0 Å². The fourth-order valence-electron chi connectivity index (χ4n) is 3.49. The molecule has 0 spiro atoms. The van der Waals surface area contributed by atoms with E-state index in [0.29, 0.717) is 18.1 Å². The molecule has 0 saturated carbocycles. The minimum atomic E-state index is -0.350. The minimum absolute atomic E-state index is 0.350. The molecule has 2 aliphatic rings. The topological polar surface area (TPSA) is 23.5 Å². The van der Waals surface area contributed by atoms with Crippen molar-refractivity contribution in [1.82, 2.24) is 4.90 Å². The zero-order valence-corrected chi connectivity index (χ0v) is 9.66. The Labute approximate surface area is 87.3 Å². The first-order chi connectivity index (χ1) is 6.56. The summed E-state index contributed by atoms with van der Waals surface area (Å²) in [5, 5.41) is 10.3. The fourth-order valence-corrected chi connectivity index (χ4v) is 3.49. The Morgan fingerprint density at radius 1 is 1.29 bits per heavy atom. The van der Waals surface area contributed by atoms with E-state index in [4.69, 9.17) is 0 Å². The summed E-state index contributed by atoms with van der Waals surface area (Å²) in [5.41, 5.74) is -0.350. The molecule has 2 unspecified atom stereocenters. The van der Waals surface area contributed by atoms with Gasteiger partial charge in [0.1, 0.15) is 0 Å². The largest absolute Gasteiger partial charge is 0.390 e. The van der Waals surface area contributed by atoms with Crippen LogP contribution in [0.1, 0.15) is 52.9 Å². The second-order valence-electron chi connectivity index (χ2n) is 5.41. The summed E-state index contributed by atoms with van der Waals surface area (Å²) in [6, 6.07) is 1.95. The van der Waals surface area contributed by atoms with Gasteiger partial charge in [0.25, 0.3) is 0 Å². The van der Waals surface area contributed by atoms with E-state index in [-0.39, 0.29) is 5.60 Å². The smallest absolute Gasteiger partial charge is 0.0675 e. The van der Waals surface area contributed by atoms with Crippen LogP contribution in [0.5, 0.6) is 0 Å². The maximum Gasteiger partial charge on any atom is 0.0675 e. The second-order valence-corrected chi connectivity index (χ2v) is 5.41. The molecule has 14 heavy (non-hydrogen) atoms. The van der Waals surface area contributed by atoms with Crippen LogP contribution in [0.15, 0.2) is 0 Å². The highest BCUT2D eigenvalue weighted by Crippen LogP contribution is 2.42. The fraction of sp³-hybridized carbons (Fsp3) is 1.00. The van der Waals surface area contributed by atoms with E-state index >= 15 is 0 Å². The van der Waals surface area contributed by atoms with Gasteiger partial charge in [0.2, 0.25) is 0 Å². The van der Waals surface area contributed by atoms with Crippen LogP contribution >= 0.6 is 0 Å². The van der Waals surface area contributed by atoms with E-state index in [1.165, 1.54) is 12.8 Å². The lowest BCUT2D eigenvalue weighted by atomic mass is 9.83. The van der Waals surface area contributed by atoms with Crippen LogP contribution in [-0.2, 0) is 0 Å². The molecule has 2 heterocycles. The van der Waals surface area contributed by atoms with Crippen LogP contribution in [0.3, 0.4) is 0 Å². The molecule has 2 aliphatic heterocycles. The normalized spacial score (nSPS) is 43.5. The molecule has 0 aromatic carbocycles. The van der Waals surface area contributed by atoms with Gasteiger partial charge in [-0.2, -0.15) is 0 Å². The molecule has 0 amide bonds. The van der Waals surface area contributed by atoms with Crippen molar-refractivity contribution >= 4 is 0 Å². The highest BCUT2D eigenvalue weighted by molar-refractivity contribution is 5.02. The van der Waals surface area contributed by atoms with Crippen LogP contribution < -0.4 is 0 Å². The summed E-state index contributed by atoms with van der Waals surface area (Å²) >= 11 is 0. The van der Waals surface area contributed by atoms with Gasteiger partial charge < -0.3 is 5.11 Å². The molecule has 2 heteroatoms. The molecule has 82 valence electrons. The second kappa shape index (κ2) is 3.49. The van der Waals surface area contributed by atoms with Crippen molar-refractivity contribution in [2.45, 2.75) is 76.6 Å². The number of nitrogens with zero attached hydrogens (tertiary/aromatic N) is 1. The number of rotatable bonds is 2. The lowest BCUT2D eigenvalue weighted by Crippen LogP contribution is -2.53. The highest BCUT2D eigenvalue weighted by Gasteiger charge is 2.47. The van der Waals surface area contributed by atoms with Crippen LogP contribution in [0.4, 0.5) is 0 Å². The van der Waals surface area contributed by atoms with Crippen LogP contribution in [0, 0.1) is 0 Å². The summed E-state index contributed by atoms with van der Waals surface area (Å²) in [4.78, 5) is 2.63. The van der Waals surface area contributed by atoms with Crippen molar-refractivity contribution < 1.29 is 5.11 Å². The van der Waals surface area contributed by atoms with Crippen molar-refractivity contribution in [3.8, 4) is 0 Å². The number of fused-ring (bicyclic) bond motifs is 2. The maximum absolute atomic E-state index is 10.3. The van der Waals surface area contributed by atoms with E-state index in [9.17, 15) is 5.11 Å². The Bertz CT molecular complexity index is 200. The first-order valence-electron chi connectivity index (χ1n) is 6.05. The van der Waals surface area contributed by atoms with Crippen molar-refractivity contribution in [3.05, 3.63) is 0 Å². The third kappa shape index (κ3) is 1.59. The zero-order valence-electron chi connectivity index (χ0n) is 9.66. The van der Waals surface area contributed by atoms with Gasteiger partial charge in [-0.25, -0.2) is 0 Å². The molecule has 1 N–H and O–H groups in total. The Balaban J connectivity index is 2.12. The lowest BCUT2D eigenvalue weighted by Gasteiger charge is -2.45. The third-order valence-electron chi connectivity index (χ3n) is 4.16. The monoisotopic (exact) mass is 197 g/mol. The Kier molecular flexibility index (Phi) is 2.61. The number of aliphatic hydroxyl groups is 1. The highest BCUT2D eigenvalue weighted by atomic mass is 16.3. The van der Waals surface area contributed by atoms with Crippen LogP contribution in [0.25, 0.3) is 0 Å². The Morgan fingerprint density at radius 3 is 2.14 bits per heavy atom. The summed E-state index contributed by atoms with van der Waals surface area (Å²) in [7, 11) is 0. The van der Waals surface area contributed by atoms with Crippen molar-refractivity contribution in [2.24, 2.45) is 0 Å². The third-order valence-corrected chi connectivity index (χ3v) is 4.16. The minimum Gasteiger partial charge on any atom is -0.390 e. The van der Waals surface area contributed by atoms with E-state index < -0.39 is 0 Å². The van der Waals surface area contributed by atoms with E-state index in [1.54, 1.807) is 0 Å². The van der Waals surface area contributed by atoms with Gasteiger partial charge in [0.05, 0.1) is 5.60 Å². The van der Waals surface area contributed by atoms with E-state index in [2.05, 4.69) is 25.7 Å². The Hall–Kier alpha value is -0.0800. The van der Waals surface area contributed by atoms with E-state index in [1.807, 2.05) is 0 Å². The zero-order chi connectivity index (χ0) is 10.3. The standard InChI is InChI=1S/C12H23NO/c1-4-12(14)7-10-5-6-11(8-12)13(10)9(2)3/h9-11,14H,4-8H2,1-3H3. The molecule has 2 atom stereocenters. The summed E-state index contributed by atoms with van der Waals surface area (Å²) in [6.45, 7) is 6.67. The van der Waals surface area contributed by atoms with Gasteiger partial charge in [-0.1, -0.05) is 6.92 Å². The molecule has 0 aliphatic carbocycles. The van der Waals surface area contributed by atoms with Crippen LogP contribution in [0.2, 0.25) is 0 Å². The van der Waals surface area contributed by atoms with Gasteiger partial charge in [0, 0.05) is 18.1 Å². The van der Waals surface area contributed by atoms with Gasteiger partial charge >= 0.3 is 0 Å². The van der Waals surface area contributed by atoms with Gasteiger partial charge in [-0.05, 0) is 46.0 Å². The lowest BCUT2D eigenvalue weighted by molar-refractivity contribution is -0.0626. The Morgan fingerprint density at radius 2 is 1.79 bits per heavy atom. The number of hydrogen-bond acceptors (Lipinski definition) is 2. The number of piperidine rings is 1. The molecule has 2 saturated heterocycles. The average molecular weight is 197 g/mol. The molecule has 0 aromatic heterocycles. The summed E-state index contributed by atoms with van der Waals surface area (Å²) in [6.07, 6.45) is 5.51.